The third-order valence-electron chi connectivity index (χ3n) is 2.09. The van der Waals surface area contributed by atoms with Gasteiger partial charge in [0.25, 0.3) is 0 Å². The lowest BCUT2D eigenvalue weighted by molar-refractivity contribution is 0.0953. The van der Waals surface area contributed by atoms with Crippen LogP contribution in [-0.4, -0.2) is 18.5 Å². The molecule has 1 aromatic carbocycles. The number of hydrogen-bond acceptors (Lipinski definition) is 2. The molecule has 0 aromatic heterocycles. The van der Waals surface area contributed by atoms with Gasteiger partial charge in [-0.25, -0.2) is 0 Å². The number of halogens is 1. The van der Waals surface area contributed by atoms with Crippen LogP contribution in [0.4, 0.5) is 0 Å². The van der Waals surface area contributed by atoms with Gasteiger partial charge in [-0.05, 0) is 24.6 Å². The normalized spacial score (nSPS) is 20.0. The lowest BCUT2D eigenvalue weighted by atomic mass is 10.0. The van der Waals surface area contributed by atoms with Gasteiger partial charge in [0, 0.05) is 10.0 Å². The zero-order chi connectivity index (χ0) is 9.42. The first kappa shape index (κ1) is 8.91. The van der Waals surface area contributed by atoms with Crippen molar-refractivity contribution in [1.82, 2.24) is 0 Å². The Morgan fingerprint density at radius 2 is 2.31 bits per heavy atom. The number of carbonyl (C=O) groups is 1. The van der Waals surface area contributed by atoms with Crippen molar-refractivity contribution in [3.05, 3.63) is 33.8 Å². The lowest BCUT2D eigenvalue weighted by Crippen LogP contribution is -2.08. The van der Waals surface area contributed by atoms with Crippen LogP contribution in [0.25, 0.3) is 0 Å². The molecule has 3 heteroatoms. The van der Waals surface area contributed by atoms with Gasteiger partial charge in [-0.3, -0.25) is 4.79 Å². The summed E-state index contributed by atoms with van der Waals surface area (Å²) in [4.78, 5) is 11.6. The molecule has 0 bridgehead atoms. The van der Waals surface area contributed by atoms with Gasteiger partial charge in [-0.2, -0.15) is 0 Å². The van der Waals surface area contributed by atoms with Crippen LogP contribution in [0.15, 0.2) is 22.7 Å². The highest BCUT2D eigenvalue weighted by atomic mass is 79.9. The molecular formula is C10H9BrO2. The molecule has 1 aliphatic rings. The fraction of sp³-hybridized carbons (Fsp3) is 0.300. The number of benzene rings is 1. The largest absolute Gasteiger partial charge is 0.364 e. The fourth-order valence-electron chi connectivity index (χ4n) is 1.23. The van der Waals surface area contributed by atoms with Crippen molar-refractivity contribution in [2.75, 3.05) is 6.61 Å². The Hall–Kier alpha value is -0.670. The first-order valence-corrected chi connectivity index (χ1v) is 4.90. The van der Waals surface area contributed by atoms with Crippen LogP contribution in [0.1, 0.15) is 15.9 Å². The van der Waals surface area contributed by atoms with Crippen LogP contribution in [0, 0.1) is 6.92 Å². The average Bonchev–Trinajstić information content (AvgIpc) is 2.91. The minimum Gasteiger partial charge on any atom is -0.364 e. The minimum absolute atomic E-state index is 0.0961. The van der Waals surface area contributed by atoms with Crippen LogP contribution < -0.4 is 0 Å². The number of rotatable bonds is 2. The van der Waals surface area contributed by atoms with E-state index < -0.39 is 0 Å². The fourth-order valence-corrected chi connectivity index (χ4v) is 1.59. The molecule has 0 aliphatic carbocycles. The van der Waals surface area contributed by atoms with Crippen molar-refractivity contribution in [2.45, 2.75) is 13.0 Å². The maximum absolute atomic E-state index is 11.6. The molecular weight excluding hydrogens is 232 g/mol. The summed E-state index contributed by atoms with van der Waals surface area (Å²) in [5, 5.41) is 0. The zero-order valence-electron chi connectivity index (χ0n) is 7.21. The van der Waals surface area contributed by atoms with Gasteiger partial charge in [0.1, 0.15) is 6.10 Å². The predicted molar refractivity (Wildman–Crippen MR) is 52.9 cm³/mol. The Labute approximate surface area is 85.0 Å². The highest BCUT2D eigenvalue weighted by molar-refractivity contribution is 9.10. The average molecular weight is 241 g/mol. The van der Waals surface area contributed by atoms with E-state index in [4.69, 9.17) is 4.74 Å². The molecule has 1 aliphatic heterocycles. The predicted octanol–water partition coefficient (Wildman–Crippen LogP) is 2.34. The van der Waals surface area contributed by atoms with Gasteiger partial charge in [0.15, 0.2) is 5.78 Å². The summed E-state index contributed by atoms with van der Waals surface area (Å²) in [5.41, 5.74) is 1.76. The number of hydrogen-bond donors (Lipinski definition) is 0. The second-order valence-electron chi connectivity index (χ2n) is 3.15. The van der Waals surface area contributed by atoms with Crippen molar-refractivity contribution in [2.24, 2.45) is 0 Å². The van der Waals surface area contributed by atoms with E-state index in [0.29, 0.717) is 6.61 Å². The van der Waals surface area contributed by atoms with E-state index in [1.54, 1.807) is 0 Å². The number of Topliss-reactive ketones (excluding diaryl/α,β-unsaturated/α-hetero) is 1. The zero-order valence-corrected chi connectivity index (χ0v) is 8.80. The van der Waals surface area contributed by atoms with E-state index in [1.165, 1.54) is 0 Å². The molecule has 1 heterocycles. The highest BCUT2D eigenvalue weighted by Gasteiger charge is 2.32. The summed E-state index contributed by atoms with van der Waals surface area (Å²) in [6.07, 6.45) is -0.187. The van der Waals surface area contributed by atoms with Crippen molar-refractivity contribution < 1.29 is 9.53 Å². The van der Waals surface area contributed by atoms with Crippen LogP contribution in [0.2, 0.25) is 0 Å². The van der Waals surface area contributed by atoms with Crippen molar-refractivity contribution in [1.29, 1.82) is 0 Å². The molecule has 1 saturated heterocycles. The van der Waals surface area contributed by atoms with Crippen molar-refractivity contribution in [3.8, 4) is 0 Å². The summed E-state index contributed by atoms with van der Waals surface area (Å²) >= 11 is 3.34. The lowest BCUT2D eigenvalue weighted by Gasteiger charge is -2.02. The Kier molecular flexibility index (Phi) is 2.22. The minimum atomic E-state index is -0.187. The molecule has 1 aromatic rings. The van der Waals surface area contributed by atoms with E-state index in [0.717, 1.165) is 15.6 Å². The molecule has 2 rings (SSSR count). The van der Waals surface area contributed by atoms with E-state index in [1.807, 2.05) is 25.1 Å². The maximum atomic E-state index is 11.6. The summed E-state index contributed by atoms with van der Waals surface area (Å²) in [7, 11) is 0. The molecule has 68 valence electrons. The Morgan fingerprint density at radius 1 is 1.62 bits per heavy atom. The smallest absolute Gasteiger partial charge is 0.194 e. The summed E-state index contributed by atoms with van der Waals surface area (Å²) in [6.45, 7) is 2.51. The molecule has 13 heavy (non-hydrogen) atoms. The summed E-state index contributed by atoms with van der Waals surface area (Å²) in [5.74, 6) is 0.0961. The summed E-state index contributed by atoms with van der Waals surface area (Å²) < 4.78 is 5.89. The molecule has 1 atom stereocenters. The Balaban J connectivity index is 2.37. The van der Waals surface area contributed by atoms with Gasteiger partial charge in [-0.1, -0.05) is 22.0 Å². The maximum Gasteiger partial charge on any atom is 0.194 e. The molecule has 1 fully saturated rings. The molecule has 2 nitrogen and oxygen atoms in total. The number of ketones is 1. The Morgan fingerprint density at radius 3 is 2.92 bits per heavy atom. The standard InChI is InChI=1S/C10H9BrO2/c1-6-2-3-7(11)4-8(6)10(12)9-5-13-9/h2-4,9H,5H2,1H3. The molecule has 0 radical (unpaired) electrons. The molecule has 1 unspecified atom stereocenters. The topological polar surface area (TPSA) is 29.6 Å². The van der Waals surface area contributed by atoms with E-state index in [2.05, 4.69) is 15.9 Å². The van der Waals surface area contributed by atoms with Crippen LogP contribution in [0.5, 0.6) is 0 Å². The third-order valence-corrected chi connectivity index (χ3v) is 2.58. The molecule has 0 saturated carbocycles. The molecule has 0 spiro atoms. The number of epoxide rings is 1. The second-order valence-corrected chi connectivity index (χ2v) is 4.06. The third kappa shape index (κ3) is 1.81. The van der Waals surface area contributed by atoms with E-state index in [-0.39, 0.29) is 11.9 Å². The van der Waals surface area contributed by atoms with Gasteiger partial charge in [0.05, 0.1) is 6.61 Å². The highest BCUT2D eigenvalue weighted by Crippen LogP contribution is 2.22. The van der Waals surface area contributed by atoms with Gasteiger partial charge in [0.2, 0.25) is 0 Å². The van der Waals surface area contributed by atoms with Crippen LogP contribution in [-0.2, 0) is 4.74 Å². The van der Waals surface area contributed by atoms with Gasteiger partial charge < -0.3 is 4.74 Å². The Bertz CT molecular complexity index is 356. The van der Waals surface area contributed by atoms with Gasteiger partial charge >= 0.3 is 0 Å². The number of ether oxygens (including phenoxy) is 1. The number of carbonyl (C=O) groups excluding carboxylic acids is 1. The molecule has 0 amide bonds. The second kappa shape index (κ2) is 3.24. The molecule has 0 N–H and O–H groups in total. The first-order chi connectivity index (χ1) is 6.18. The first-order valence-electron chi connectivity index (χ1n) is 4.10. The SMILES string of the molecule is Cc1ccc(Br)cc1C(=O)C1CO1. The van der Waals surface area contributed by atoms with E-state index >= 15 is 0 Å². The van der Waals surface area contributed by atoms with Crippen LogP contribution >= 0.6 is 15.9 Å². The monoisotopic (exact) mass is 240 g/mol. The van der Waals surface area contributed by atoms with Gasteiger partial charge in [-0.15, -0.1) is 0 Å². The van der Waals surface area contributed by atoms with Crippen molar-refractivity contribution >= 4 is 21.7 Å². The summed E-state index contributed by atoms with van der Waals surface area (Å²) in [6, 6.07) is 5.71. The van der Waals surface area contributed by atoms with Crippen LogP contribution in [0.3, 0.4) is 0 Å². The van der Waals surface area contributed by atoms with E-state index in [9.17, 15) is 4.79 Å². The number of aryl methyl sites for hydroxylation is 1. The quantitative estimate of drug-likeness (QED) is 0.587. The van der Waals surface area contributed by atoms with Crippen molar-refractivity contribution in [3.63, 3.8) is 0 Å².